The molecular weight excluding hydrogens is 282 g/mol. The number of benzene rings is 1. The van der Waals surface area contributed by atoms with E-state index in [1.54, 1.807) is 24.4 Å². The number of hydrogen-bond acceptors (Lipinski definition) is 4. The Bertz CT molecular complexity index is 827. The summed E-state index contributed by atoms with van der Waals surface area (Å²) >= 11 is 0. The molecular formula is C14H13N7O. The Morgan fingerprint density at radius 1 is 1.05 bits per heavy atom. The molecule has 0 aliphatic heterocycles. The van der Waals surface area contributed by atoms with Crippen molar-refractivity contribution in [3.63, 3.8) is 0 Å². The molecule has 0 unspecified atom stereocenters. The summed E-state index contributed by atoms with van der Waals surface area (Å²) in [4.78, 5) is 16.2. The van der Waals surface area contributed by atoms with E-state index >= 15 is 0 Å². The molecule has 0 saturated carbocycles. The molecule has 0 bridgehead atoms. The highest BCUT2D eigenvalue weighted by Crippen LogP contribution is 2.25. The lowest BCUT2D eigenvalue weighted by atomic mass is 10.2. The molecule has 22 heavy (non-hydrogen) atoms. The number of rotatable bonds is 2. The largest absolute Gasteiger partial charge is 0.434 e. The Kier molecular flexibility index (Phi) is 3.40. The van der Waals surface area contributed by atoms with E-state index in [0.29, 0.717) is 22.8 Å². The van der Waals surface area contributed by atoms with Crippen LogP contribution in [0.3, 0.4) is 0 Å². The van der Waals surface area contributed by atoms with Gasteiger partial charge in [-0.2, -0.15) is 9.98 Å². The summed E-state index contributed by atoms with van der Waals surface area (Å²) < 4.78 is 5.64. The predicted octanol–water partition coefficient (Wildman–Crippen LogP) is 1.11. The fourth-order valence-corrected chi connectivity index (χ4v) is 1.86. The van der Waals surface area contributed by atoms with Crippen LogP contribution in [0.5, 0.6) is 0 Å². The third-order valence-corrected chi connectivity index (χ3v) is 2.77. The Morgan fingerprint density at radius 2 is 1.82 bits per heavy atom. The fraction of sp³-hybridized carbons (Fsp3) is 0. The van der Waals surface area contributed by atoms with Crippen LogP contribution in [0, 0.1) is 0 Å². The van der Waals surface area contributed by atoms with Crippen LogP contribution in [-0.4, -0.2) is 21.9 Å². The van der Waals surface area contributed by atoms with Gasteiger partial charge in [-0.05, 0) is 36.4 Å². The van der Waals surface area contributed by atoms with E-state index < -0.39 is 0 Å². The van der Waals surface area contributed by atoms with E-state index in [0.717, 1.165) is 5.56 Å². The van der Waals surface area contributed by atoms with Gasteiger partial charge in [-0.15, -0.1) is 0 Å². The maximum absolute atomic E-state index is 5.64. The highest BCUT2D eigenvalue weighted by atomic mass is 16.3. The summed E-state index contributed by atoms with van der Waals surface area (Å²) in [5.74, 6) is 0.331. The van der Waals surface area contributed by atoms with E-state index in [1.807, 2.05) is 18.2 Å². The van der Waals surface area contributed by atoms with E-state index in [9.17, 15) is 0 Å². The third kappa shape index (κ3) is 2.85. The summed E-state index contributed by atoms with van der Waals surface area (Å²) in [5.41, 5.74) is 18.6. The normalized spacial score (nSPS) is 11.5. The summed E-state index contributed by atoms with van der Waals surface area (Å²) in [6, 6.07) is 10.7. The number of pyridine rings is 1. The lowest BCUT2D eigenvalue weighted by molar-refractivity contribution is 0.619. The highest BCUT2D eigenvalue weighted by molar-refractivity contribution is 5.93. The van der Waals surface area contributed by atoms with Crippen molar-refractivity contribution in [3.05, 3.63) is 42.6 Å². The maximum atomic E-state index is 5.64. The van der Waals surface area contributed by atoms with Gasteiger partial charge in [-0.1, -0.05) is 0 Å². The lowest BCUT2D eigenvalue weighted by Crippen LogP contribution is -2.26. The monoisotopic (exact) mass is 295 g/mol. The van der Waals surface area contributed by atoms with Crippen molar-refractivity contribution in [3.8, 4) is 11.5 Å². The van der Waals surface area contributed by atoms with Crippen LogP contribution in [0.25, 0.3) is 22.7 Å². The molecule has 110 valence electrons. The van der Waals surface area contributed by atoms with Gasteiger partial charge < -0.3 is 21.6 Å². The number of hydrogen-bond donors (Lipinski definition) is 3. The second-order valence-corrected chi connectivity index (χ2v) is 4.40. The molecule has 3 aromatic rings. The Balaban J connectivity index is 1.89. The first-order valence-electron chi connectivity index (χ1n) is 6.37. The van der Waals surface area contributed by atoms with Gasteiger partial charge >= 0.3 is 0 Å². The van der Waals surface area contributed by atoms with E-state index in [-0.39, 0.29) is 11.9 Å². The number of aromatic nitrogens is 2. The molecule has 1 aromatic carbocycles. The smallest absolute Gasteiger partial charge is 0.228 e. The second-order valence-electron chi connectivity index (χ2n) is 4.40. The van der Waals surface area contributed by atoms with Gasteiger partial charge in [-0.25, -0.2) is 9.98 Å². The number of oxazole rings is 1. The molecule has 8 nitrogen and oxygen atoms in total. The standard InChI is InChI=1S/C14H13N7O/c15-13(16)21-14(17)19-9-5-3-8(4-6-9)12-20-11-10(22-12)2-1-7-18-11/h1-7H,(H6,15,16,17,19,21). The minimum atomic E-state index is -0.142. The summed E-state index contributed by atoms with van der Waals surface area (Å²) in [5, 5.41) is 0. The van der Waals surface area contributed by atoms with Crippen molar-refractivity contribution in [2.75, 3.05) is 0 Å². The van der Waals surface area contributed by atoms with Gasteiger partial charge in [0.05, 0.1) is 5.69 Å². The van der Waals surface area contributed by atoms with Crippen LogP contribution in [0.1, 0.15) is 0 Å². The minimum absolute atomic E-state index is 0.0150. The molecule has 0 radical (unpaired) electrons. The first-order valence-corrected chi connectivity index (χ1v) is 6.37. The quantitative estimate of drug-likeness (QED) is 0.477. The average Bonchev–Trinajstić information content (AvgIpc) is 2.91. The first kappa shape index (κ1) is 13.6. The zero-order valence-electron chi connectivity index (χ0n) is 11.5. The molecule has 0 fully saturated rings. The van der Waals surface area contributed by atoms with Gasteiger partial charge in [0.1, 0.15) is 0 Å². The van der Waals surface area contributed by atoms with Gasteiger partial charge in [0.2, 0.25) is 11.9 Å². The molecule has 3 rings (SSSR count). The van der Waals surface area contributed by atoms with Crippen molar-refractivity contribution >= 4 is 28.8 Å². The molecule has 0 amide bonds. The topological polar surface area (TPSA) is 142 Å². The molecule has 8 heteroatoms. The molecule has 0 saturated heterocycles. The van der Waals surface area contributed by atoms with Crippen LogP contribution in [-0.2, 0) is 0 Å². The molecule has 0 spiro atoms. The zero-order valence-corrected chi connectivity index (χ0v) is 11.5. The van der Waals surface area contributed by atoms with Crippen LogP contribution in [0.15, 0.2) is 57.0 Å². The Hall–Kier alpha value is -3.42. The maximum Gasteiger partial charge on any atom is 0.228 e. The summed E-state index contributed by atoms with van der Waals surface area (Å²) in [7, 11) is 0. The molecule has 6 N–H and O–H groups in total. The molecule has 0 aliphatic carbocycles. The summed E-state index contributed by atoms with van der Waals surface area (Å²) in [6.07, 6.45) is 1.67. The van der Waals surface area contributed by atoms with Crippen molar-refractivity contribution < 1.29 is 4.42 Å². The summed E-state index contributed by atoms with van der Waals surface area (Å²) in [6.45, 7) is 0. The van der Waals surface area contributed by atoms with E-state index in [1.165, 1.54) is 0 Å². The van der Waals surface area contributed by atoms with Gasteiger partial charge in [0.25, 0.3) is 0 Å². The third-order valence-electron chi connectivity index (χ3n) is 2.77. The molecule has 0 aliphatic rings. The lowest BCUT2D eigenvalue weighted by Gasteiger charge is -1.98. The number of nitrogens with zero attached hydrogens (tertiary/aromatic N) is 4. The van der Waals surface area contributed by atoms with Crippen molar-refractivity contribution in [1.82, 2.24) is 9.97 Å². The van der Waals surface area contributed by atoms with Gasteiger partial charge in [0, 0.05) is 11.8 Å². The fourth-order valence-electron chi connectivity index (χ4n) is 1.86. The Morgan fingerprint density at radius 3 is 2.50 bits per heavy atom. The highest BCUT2D eigenvalue weighted by Gasteiger charge is 2.08. The van der Waals surface area contributed by atoms with Gasteiger partial charge in [0.15, 0.2) is 17.2 Å². The van der Waals surface area contributed by atoms with Crippen LogP contribution >= 0.6 is 0 Å². The number of aliphatic imine (C=N–C) groups is 2. The van der Waals surface area contributed by atoms with E-state index in [2.05, 4.69) is 20.0 Å². The number of guanidine groups is 2. The predicted molar refractivity (Wildman–Crippen MR) is 84.3 cm³/mol. The number of fused-ring (bicyclic) bond motifs is 1. The number of nitrogens with two attached hydrogens (primary N) is 3. The van der Waals surface area contributed by atoms with Crippen LogP contribution < -0.4 is 17.2 Å². The SMILES string of the molecule is NC(N)=NC(N)=Nc1ccc(-c2nc3ncccc3o2)cc1. The zero-order chi connectivity index (χ0) is 15.5. The van der Waals surface area contributed by atoms with Gasteiger partial charge in [-0.3, -0.25) is 0 Å². The van der Waals surface area contributed by atoms with Crippen molar-refractivity contribution in [1.29, 1.82) is 0 Å². The van der Waals surface area contributed by atoms with Crippen LogP contribution in [0.4, 0.5) is 5.69 Å². The van der Waals surface area contributed by atoms with Crippen LogP contribution in [0.2, 0.25) is 0 Å². The molecule has 2 heterocycles. The minimum Gasteiger partial charge on any atom is -0.434 e. The molecule has 0 atom stereocenters. The van der Waals surface area contributed by atoms with E-state index in [4.69, 9.17) is 21.6 Å². The first-order chi connectivity index (χ1) is 10.6. The second kappa shape index (κ2) is 5.52. The van der Waals surface area contributed by atoms with Crippen molar-refractivity contribution in [2.24, 2.45) is 27.2 Å². The molecule has 2 aromatic heterocycles. The van der Waals surface area contributed by atoms with Crippen molar-refractivity contribution in [2.45, 2.75) is 0 Å². The Labute approximate surface area is 125 Å². The average molecular weight is 295 g/mol.